The first-order valence-electron chi connectivity index (χ1n) is 8.37. The number of anilines is 1. The number of hydrogen-bond acceptors (Lipinski definition) is 4. The smallest absolute Gasteiger partial charge is 0.187 e. The molecule has 1 aromatic carbocycles. The molecule has 1 aliphatic rings. The van der Waals surface area contributed by atoms with Crippen molar-refractivity contribution in [1.82, 2.24) is 9.97 Å². The highest BCUT2D eigenvalue weighted by atomic mass is 16.5. The highest BCUT2D eigenvalue weighted by Crippen LogP contribution is 2.26. The fraction of sp³-hybridized carbons (Fsp3) is 0.200. The lowest BCUT2D eigenvalue weighted by Gasteiger charge is -2.28. The van der Waals surface area contributed by atoms with Gasteiger partial charge in [-0.1, -0.05) is 0 Å². The third kappa shape index (κ3) is 3.32. The molecule has 0 radical (unpaired) electrons. The Hall–Kier alpha value is -2.92. The maximum Gasteiger partial charge on any atom is 0.187 e. The van der Waals surface area contributed by atoms with E-state index in [1.165, 1.54) is 5.69 Å². The lowest BCUT2D eigenvalue weighted by molar-refractivity contribution is 0.104. The molecule has 25 heavy (non-hydrogen) atoms. The maximum atomic E-state index is 12.2. The van der Waals surface area contributed by atoms with Gasteiger partial charge in [0.15, 0.2) is 5.78 Å². The average Bonchev–Trinajstić information content (AvgIpc) is 3.10. The van der Waals surface area contributed by atoms with Gasteiger partial charge in [0.2, 0.25) is 0 Å². The van der Waals surface area contributed by atoms with Crippen LogP contribution < -0.4 is 4.90 Å². The maximum absolute atomic E-state index is 12.2. The summed E-state index contributed by atoms with van der Waals surface area (Å²) < 4.78 is 5.42. The van der Waals surface area contributed by atoms with Crippen LogP contribution in [0.15, 0.2) is 55.0 Å². The molecule has 4 rings (SSSR count). The minimum Gasteiger partial charge on any atom is -0.378 e. The van der Waals surface area contributed by atoms with Crippen LogP contribution in [0.1, 0.15) is 15.9 Å². The van der Waals surface area contributed by atoms with E-state index in [9.17, 15) is 4.79 Å². The zero-order chi connectivity index (χ0) is 17.1. The van der Waals surface area contributed by atoms with Gasteiger partial charge in [-0.3, -0.25) is 9.78 Å². The Bertz CT molecular complexity index is 909. The van der Waals surface area contributed by atoms with E-state index in [1.807, 2.05) is 12.3 Å². The molecular weight excluding hydrogens is 314 g/mol. The SMILES string of the molecule is O=C(/C=C/c1c[nH]c2ccc(N3CCOCC3)cc12)c1cccnc1. The van der Waals surface area contributed by atoms with Crippen molar-refractivity contribution in [2.45, 2.75) is 0 Å². The number of ether oxygens (including phenoxy) is 1. The van der Waals surface area contributed by atoms with Crippen LogP contribution in [-0.2, 0) is 4.74 Å². The largest absolute Gasteiger partial charge is 0.378 e. The lowest BCUT2D eigenvalue weighted by Crippen LogP contribution is -2.36. The van der Waals surface area contributed by atoms with Crippen LogP contribution in [0.5, 0.6) is 0 Å². The van der Waals surface area contributed by atoms with Crippen molar-refractivity contribution in [3.8, 4) is 0 Å². The molecule has 0 amide bonds. The van der Waals surface area contributed by atoms with E-state index in [-0.39, 0.29) is 5.78 Å². The number of pyridine rings is 1. The lowest BCUT2D eigenvalue weighted by atomic mass is 10.1. The molecule has 0 unspecified atom stereocenters. The number of hydrogen-bond donors (Lipinski definition) is 1. The van der Waals surface area contributed by atoms with E-state index in [1.54, 1.807) is 30.6 Å². The van der Waals surface area contributed by atoms with Crippen molar-refractivity contribution in [2.75, 3.05) is 31.2 Å². The van der Waals surface area contributed by atoms with E-state index in [4.69, 9.17) is 4.74 Å². The zero-order valence-electron chi connectivity index (χ0n) is 13.8. The van der Waals surface area contributed by atoms with Crippen LogP contribution >= 0.6 is 0 Å². The molecule has 5 nitrogen and oxygen atoms in total. The van der Waals surface area contributed by atoms with E-state index in [0.29, 0.717) is 5.56 Å². The normalized spacial score (nSPS) is 15.1. The van der Waals surface area contributed by atoms with E-state index >= 15 is 0 Å². The predicted octanol–water partition coefficient (Wildman–Crippen LogP) is 3.30. The number of fused-ring (bicyclic) bond motifs is 1. The van der Waals surface area contributed by atoms with Crippen LogP contribution in [0.3, 0.4) is 0 Å². The van der Waals surface area contributed by atoms with Gasteiger partial charge >= 0.3 is 0 Å². The molecule has 1 aliphatic heterocycles. The van der Waals surface area contributed by atoms with Crippen molar-refractivity contribution >= 4 is 28.4 Å². The number of nitrogens with zero attached hydrogens (tertiary/aromatic N) is 2. The van der Waals surface area contributed by atoms with Gasteiger partial charge in [-0.15, -0.1) is 0 Å². The van der Waals surface area contributed by atoms with Gasteiger partial charge < -0.3 is 14.6 Å². The van der Waals surface area contributed by atoms with Crippen molar-refractivity contribution in [3.05, 3.63) is 66.1 Å². The van der Waals surface area contributed by atoms with Gasteiger partial charge in [-0.2, -0.15) is 0 Å². The number of carbonyl (C=O) groups excluding carboxylic acids is 1. The Balaban J connectivity index is 1.61. The summed E-state index contributed by atoms with van der Waals surface area (Å²) in [4.78, 5) is 21.8. The molecule has 1 saturated heterocycles. The second-order valence-electron chi connectivity index (χ2n) is 6.01. The first-order chi connectivity index (χ1) is 12.3. The Morgan fingerprint density at radius 1 is 1.24 bits per heavy atom. The fourth-order valence-electron chi connectivity index (χ4n) is 3.06. The summed E-state index contributed by atoms with van der Waals surface area (Å²) in [6, 6.07) is 9.91. The summed E-state index contributed by atoms with van der Waals surface area (Å²) >= 11 is 0. The molecule has 0 atom stereocenters. The van der Waals surface area contributed by atoms with Gasteiger partial charge in [0.25, 0.3) is 0 Å². The molecule has 2 aromatic heterocycles. The number of benzene rings is 1. The first-order valence-corrected chi connectivity index (χ1v) is 8.37. The number of ketones is 1. The Labute approximate surface area is 145 Å². The number of morpholine rings is 1. The van der Waals surface area contributed by atoms with Crippen LogP contribution in [0.25, 0.3) is 17.0 Å². The molecule has 0 spiro atoms. The minimum atomic E-state index is -0.0493. The second kappa shape index (κ2) is 6.91. The summed E-state index contributed by atoms with van der Waals surface area (Å²) in [6.07, 6.45) is 8.63. The number of aromatic nitrogens is 2. The molecule has 0 aliphatic carbocycles. The van der Waals surface area contributed by atoms with E-state index in [0.717, 1.165) is 42.8 Å². The van der Waals surface area contributed by atoms with Gasteiger partial charge in [-0.25, -0.2) is 0 Å². The third-order valence-corrected chi connectivity index (χ3v) is 4.43. The molecule has 3 aromatic rings. The number of aromatic amines is 1. The summed E-state index contributed by atoms with van der Waals surface area (Å²) in [5.41, 5.74) is 3.84. The fourth-order valence-corrected chi connectivity index (χ4v) is 3.06. The molecular formula is C20H19N3O2. The molecule has 126 valence electrons. The number of carbonyl (C=O) groups is 1. The molecule has 0 bridgehead atoms. The Kier molecular flexibility index (Phi) is 4.31. The van der Waals surface area contributed by atoms with Crippen LogP contribution in [0.4, 0.5) is 5.69 Å². The average molecular weight is 333 g/mol. The van der Waals surface area contributed by atoms with Crippen molar-refractivity contribution in [3.63, 3.8) is 0 Å². The highest BCUT2D eigenvalue weighted by molar-refractivity contribution is 6.07. The number of nitrogens with one attached hydrogen (secondary N) is 1. The standard InChI is InChI=1S/C20H19N3O2/c24-20(16-2-1-7-21-13-16)6-3-15-14-22-19-5-4-17(12-18(15)19)23-8-10-25-11-9-23/h1-7,12-14,22H,8-11H2/b6-3+. The Morgan fingerprint density at radius 2 is 2.12 bits per heavy atom. The summed E-state index contributed by atoms with van der Waals surface area (Å²) in [6.45, 7) is 3.33. The van der Waals surface area contributed by atoms with Crippen molar-refractivity contribution < 1.29 is 9.53 Å². The molecule has 0 saturated carbocycles. The Morgan fingerprint density at radius 3 is 2.92 bits per heavy atom. The monoisotopic (exact) mass is 333 g/mol. The minimum absolute atomic E-state index is 0.0493. The third-order valence-electron chi connectivity index (χ3n) is 4.43. The quantitative estimate of drug-likeness (QED) is 0.588. The molecule has 5 heteroatoms. The second-order valence-corrected chi connectivity index (χ2v) is 6.01. The summed E-state index contributed by atoms with van der Waals surface area (Å²) in [5.74, 6) is -0.0493. The number of H-pyrrole nitrogens is 1. The zero-order valence-corrected chi connectivity index (χ0v) is 13.8. The highest BCUT2D eigenvalue weighted by Gasteiger charge is 2.12. The molecule has 1 N–H and O–H groups in total. The van der Waals surface area contributed by atoms with E-state index < -0.39 is 0 Å². The van der Waals surface area contributed by atoms with Gasteiger partial charge in [0.05, 0.1) is 13.2 Å². The number of rotatable bonds is 4. The first kappa shape index (κ1) is 15.6. The van der Waals surface area contributed by atoms with Crippen molar-refractivity contribution in [2.24, 2.45) is 0 Å². The van der Waals surface area contributed by atoms with Crippen LogP contribution in [0.2, 0.25) is 0 Å². The molecule has 3 heterocycles. The van der Waals surface area contributed by atoms with Crippen molar-refractivity contribution in [1.29, 1.82) is 0 Å². The van der Waals surface area contributed by atoms with Gasteiger partial charge in [0.1, 0.15) is 0 Å². The van der Waals surface area contributed by atoms with Gasteiger partial charge in [0, 0.05) is 53.8 Å². The molecule has 1 fully saturated rings. The topological polar surface area (TPSA) is 58.2 Å². The number of allylic oxidation sites excluding steroid dienone is 1. The van der Waals surface area contributed by atoms with E-state index in [2.05, 4.69) is 33.1 Å². The van der Waals surface area contributed by atoms with Crippen LogP contribution in [0, 0.1) is 0 Å². The summed E-state index contributed by atoms with van der Waals surface area (Å²) in [7, 11) is 0. The predicted molar refractivity (Wildman–Crippen MR) is 98.9 cm³/mol. The summed E-state index contributed by atoms with van der Waals surface area (Å²) in [5, 5.41) is 1.11. The van der Waals surface area contributed by atoms with Gasteiger partial charge in [-0.05, 0) is 48.0 Å². The van der Waals surface area contributed by atoms with Crippen LogP contribution in [-0.4, -0.2) is 42.1 Å².